The van der Waals surface area contributed by atoms with Crippen LogP contribution in [0.15, 0.2) is 12.1 Å². The maximum atomic E-state index is 9.89. The van der Waals surface area contributed by atoms with E-state index in [1.54, 1.807) is 0 Å². The van der Waals surface area contributed by atoms with Gasteiger partial charge in [0.05, 0.1) is 5.69 Å². The van der Waals surface area contributed by atoms with Crippen molar-refractivity contribution in [3.05, 3.63) is 28.0 Å². The lowest BCUT2D eigenvalue weighted by molar-refractivity contribution is 0.162. The first-order chi connectivity index (χ1) is 7.18. The fourth-order valence-corrected chi connectivity index (χ4v) is 2.70. The van der Waals surface area contributed by atoms with Gasteiger partial charge in [0.15, 0.2) is 0 Å². The summed E-state index contributed by atoms with van der Waals surface area (Å²) in [7, 11) is 0. The average Bonchev–Trinajstić information content (AvgIpc) is 2.24. The SMILES string of the molecule is Cc1cc(C2CCCCC2)n(O)c(=S)c1. The summed E-state index contributed by atoms with van der Waals surface area (Å²) in [5, 5.41) is 9.89. The molecule has 0 saturated heterocycles. The number of pyridine rings is 1. The van der Waals surface area contributed by atoms with E-state index in [-0.39, 0.29) is 0 Å². The zero-order valence-electron chi connectivity index (χ0n) is 9.07. The number of aromatic nitrogens is 1. The molecule has 0 unspecified atom stereocenters. The van der Waals surface area contributed by atoms with Crippen molar-refractivity contribution in [3.63, 3.8) is 0 Å². The van der Waals surface area contributed by atoms with Crippen LogP contribution in [0.25, 0.3) is 0 Å². The first-order valence-electron chi connectivity index (χ1n) is 5.61. The van der Waals surface area contributed by atoms with Crippen molar-refractivity contribution in [2.24, 2.45) is 0 Å². The first kappa shape index (κ1) is 10.7. The predicted octanol–water partition coefficient (Wildman–Crippen LogP) is 3.81. The quantitative estimate of drug-likeness (QED) is 0.578. The second-order valence-electron chi connectivity index (χ2n) is 4.44. The fraction of sp³-hybridized carbons (Fsp3) is 0.583. The normalized spacial score (nSPS) is 17.9. The van der Waals surface area contributed by atoms with E-state index in [2.05, 4.69) is 6.07 Å². The molecule has 0 aliphatic heterocycles. The van der Waals surface area contributed by atoms with E-state index in [1.807, 2.05) is 13.0 Å². The van der Waals surface area contributed by atoms with Crippen molar-refractivity contribution >= 4 is 12.2 Å². The molecule has 82 valence electrons. The molecule has 1 aliphatic carbocycles. The van der Waals surface area contributed by atoms with Crippen molar-refractivity contribution in [2.45, 2.75) is 44.9 Å². The van der Waals surface area contributed by atoms with Crippen LogP contribution in [0.3, 0.4) is 0 Å². The maximum absolute atomic E-state index is 9.89. The second-order valence-corrected chi connectivity index (χ2v) is 4.86. The minimum atomic E-state index is 0.491. The monoisotopic (exact) mass is 223 g/mol. The Morgan fingerprint density at radius 2 is 1.93 bits per heavy atom. The Labute approximate surface area is 95.5 Å². The molecule has 1 aliphatic rings. The molecule has 0 radical (unpaired) electrons. The van der Waals surface area contributed by atoms with Crippen LogP contribution in [-0.2, 0) is 0 Å². The molecule has 3 heteroatoms. The molecule has 2 nitrogen and oxygen atoms in total. The second kappa shape index (κ2) is 4.35. The van der Waals surface area contributed by atoms with E-state index >= 15 is 0 Å². The number of aryl methyl sites for hydroxylation is 1. The Morgan fingerprint density at radius 3 is 2.60 bits per heavy atom. The lowest BCUT2D eigenvalue weighted by Gasteiger charge is -2.23. The molecular formula is C12H17NOS. The number of nitrogens with zero attached hydrogens (tertiary/aromatic N) is 1. The third kappa shape index (κ3) is 2.23. The predicted molar refractivity (Wildman–Crippen MR) is 63.0 cm³/mol. The summed E-state index contributed by atoms with van der Waals surface area (Å²) in [5.74, 6) is 0.491. The van der Waals surface area contributed by atoms with Crippen LogP contribution in [-0.4, -0.2) is 9.94 Å². The highest BCUT2D eigenvalue weighted by molar-refractivity contribution is 7.71. The molecule has 1 N–H and O–H groups in total. The Bertz CT molecular complexity index is 405. The highest BCUT2D eigenvalue weighted by Gasteiger charge is 2.18. The molecule has 0 atom stereocenters. The molecule has 0 amide bonds. The molecule has 2 rings (SSSR count). The highest BCUT2D eigenvalue weighted by Crippen LogP contribution is 2.32. The van der Waals surface area contributed by atoms with E-state index in [4.69, 9.17) is 12.2 Å². The van der Waals surface area contributed by atoms with Gasteiger partial charge in [0.25, 0.3) is 0 Å². The van der Waals surface area contributed by atoms with Crippen LogP contribution >= 0.6 is 12.2 Å². The van der Waals surface area contributed by atoms with Gasteiger partial charge in [-0.2, -0.15) is 4.73 Å². The van der Waals surface area contributed by atoms with E-state index in [0.29, 0.717) is 10.6 Å². The van der Waals surface area contributed by atoms with Crippen LogP contribution in [0.2, 0.25) is 0 Å². The average molecular weight is 223 g/mol. The number of hydrogen-bond donors (Lipinski definition) is 1. The zero-order chi connectivity index (χ0) is 10.8. The third-order valence-electron chi connectivity index (χ3n) is 3.20. The Kier molecular flexibility index (Phi) is 3.10. The summed E-state index contributed by atoms with van der Waals surface area (Å²) in [4.78, 5) is 0. The number of hydrogen-bond acceptors (Lipinski definition) is 2. The van der Waals surface area contributed by atoms with Gasteiger partial charge in [-0.25, -0.2) is 0 Å². The molecular weight excluding hydrogens is 206 g/mol. The topological polar surface area (TPSA) is 25.2 Å². The molecule has 0 aromatic carbocycles. The number of rotatable bonds is 1. The molecule has 0 bridgehead atoms. The van der Waals surface area contributed by atoms with Gasteiger partial charge in [-0.1, -0.05) is 31.5 Å². The lowest BCUT2D eigenvalue weighted by Crippen LogP contribution is -2.12. The maximum Gasteiger partial charge on any atom is 0.142 e. The van der Waals surface area contributed by atoms with E-state index in [0.717, 1.165) is 11.3 Å². The van der Waals surface area contributed by atoms with Crippen molar-refractivity contribution in [1.82, 2.24) is 4.73 Å². The van der Waals surface area contributed by atoms with Gasteiger partial charge in [-0.05, 0) is 37.5 Å². The minimum Gasteiger partial charge on any atom is -0.427 e. The van der Waals surface area contributed by atoms with E-state index < -0.39 is 0 Å². The van der Waals surface area contributed by atoms with Crippen LogP contribution < -0.4 is 0 Å². The largest absolute Gasteiger partial charge is 0.427 e. The molecule has 1 fully saturated rings. The van der Waals surface area contributed by atoms with Gasteiger partial charge >= 0.3 is 0 Å². The summed E-state index contributed by atoms with van der Waals surface area (Å²) in [6.07, 6.45) is 6.22. The molecule has 1 saturated carbocycles. The van der Waals surface area contributed by atoms with Gasteiger partial charge in [0.1, 0.15) is 4.64 Å². The Balaban J connectivity index is 2.37. The van der Waals surface area contributed by atoms with Gasteiger partial charge in [-0.3, -0.25) is 0 Å². The summed E-state index contributed by atoms with van der Waals surface area (Å²) in [6.45, 7) is 2.03. The van der Waals surface area contributed by atoms with Crippen molar-refractivity contribution < 1.29 is 5.21 Å². The minimum absolute atomic E-state index is 0.491. The smallest absolute Gasteiger partial charge is 0.142 e. The van der Waals surface area contributed by atoms with Crippen LogP contribution in [0.4, 0.5) is 0 Å². The third-order valence-corrected chi connectivity index (χ3v) is 3.49. The fourth-order valence-electron chi connectivity index (χ4n) is 2.41. The van der Waals surface area contributed by atoms with Crippen LogP contribution in [0, 0.1) is 11.6 Å². The Morgan fingerprint density at radius 1 is 1.27 bits per heavy atom. The Hall–Kier alpha value is -0.830. The van der Waals surface area contributed by atoms with Crippen LogP contribution in [0.5, 0.6) is 0 Å². The van der Waals surface area contributed by atoms with Crippen molar-refractivity contribution in [2.75, 3.05) is 0 Å². The molecule has 1 aromatic heterocycles. The molecule has 15 heavy (non-hydrogen) atoms. The summed E-state index contributed by atoms with van der Waals surface area (Å²) >= 11 is 5.11. The van der Waals surface area contributed by atoms with Gasteiger partial charge < -0.3 is 5.21 Å². The highest BCUT2D eigenvalue weighted by atomic mass is 32.1. The zero-order valence-corrected chi connectivity index (χ0v) is 9.89. The van der Waals surface area contributed by atoms with Crippen molar-refractivity contribution in [3.8, 4) is 0 Å². The summed E-state index contributed by atoms with van der Waals surface area (Å²) in [6, 6.07) is 3.90. The van der Waals surface area contributed by atoms with Gasteiger partial charge in [-0.15, -0.1) is 0 Å². The van der Waals surface area contributed by atoms with Gasteiger partial charge in [0, 0.05) is 5.92 Å². The summed E-state index contributed by atoms with van der Waals surface area (Å²) in [5.41, 5.74) is 2.14. The molecule has 1 aromatic rings. The van der Waals surface area contributed by atoms with Gasteiger partial charge in [0.2, 0.25) is 0 Å². The molecule has 0 spiro atoms. The summed E-state index contributed by atoms with van der Waals surface area (Å²) < 4.78 is 1.72. The van der Waals surface area contributed by atoms with Crippen LogP contribution in [0.1, 0.15) is 49.3 Å². The lowest BCUT2D eigenvalue weighted by atomic mass is 9.86. The van der Waals surface area contributed by atoms with E-state index in [1.165, 1.54) is 36.8 Å². The standard InChI is InChI=1S/C12H17NOS/c1-9-7-11(13(14)12(15)8-9)10-5-3-2-4-6-10/h7-8,10,14H,2-6H2,1H3. The first-order valence-corrected chi connectivity index (χ1v) is 6.02. The molecule has 1 heterocycles. The van der Waals surface area contributed by atoms with Crippen molar-refractivity contribution in [1.29, 1.82) is 0 Å². The van der Waals surface area contributed by atoms with E-state index in [9.17, 15) is 5.21 Å².